The molecular formula is C15H29IN4O3S. The van der Waals surface area contributed by atoms with E-state index < -0.39 is 10.0 Å². The highest BCUT2D eigenvalue weighted by molar-refractivity contribution is 14.0. The van der Waals surface area contributed by atoms with Gasteiger partial charge in [0.1, 0.15) is 0 Å². The first-order valence-electron chi connectivity index (χ1n) is 8.61. The number of rotatable bonds is 5. The summed E-state index contributed by atoms with van der Waals surface area (Å²) >= 11 is 0. The van der Waals surface area contributed by atoms with Gasteiger partial charge in [-0.1, -0.05) is 0 Å². The topological polar surface area (TPSA) is 83.0 Å². The lowest BCUT2D eigenvalue weighted by molar-refractivity contribution is 0.0992. The number of hydrogen-bond acceptors (Lipinski definition) is 4. The van der Waals surface area contributed by atoms with Crippen molar-refractivity contribution in [3.8, 4) is 0 Å². The van der Waals surface area contributed by atoms with Crippen molar-refractivity contribution in [2.24, 2.45) is 10.9 Å². The minimum absolute atomic E-state index is 0. The lowest BCUT2D eigenvalue weighted by Crippen LogP contribution is -2.47. The van der Waals surface area contributed by atoms with E-state index in [0.29, 0.717) is 43.8 Å². The van der Waals surface area contributed by atoms with Crippen LogP contribution in [0.2, 0.25) is 0 Å². The Kier molecular flexibility index (Phi) is 7.15. The molecule has 0 spiro atoms. The van der Waals surface area contributed by atoms with Crippen LogP contribution in [0, 0.1) is 5.92 Å². The predicted octanol–water partition coefficient (Wildman–Crippen LogP) is 0.761. The Labute approximate surface area is 162 Å². The molecule has 3 aliphatic rings. The van der Waals surface area contributed by atoms with Crippen LogP contribution in [-0.2, 0) is 14.8 Å². The number of ether oxygens (including phenoxy) is 1. The number of nitrogens with one attached hydrogen (secondary N) is 2. The third-order valence-corrected chi connectivity index (χ3v) is 6.27. The molecule has 7 nitrogen and oxygen atoms in total. The summed E-state index contributed by atoms with van der Waals surface area (Å²) in [6.45, 7) is 4.72. The Morgan fingerprint density at radius 1 is 1.33 bits per heavy atom. The Morgan fingerprint density at radius 2 is 2.12 bits per heavy atom. The first-order chi connectivity index (χ1) is 11.0. The van der Waals surface area contributed by atoms with E-state index in [1.54, 1.807) is 4.31 Å². The van der Waals surface area contributed by atoms with Gasteiger partial charge in [-0.15, -0.1) is 24.0 Å². The minimum Gasteiger partial charge on any atom is -0.373 e. The summed E-state index contributed by atoms with van der Waals surface area (Å²) in [5.41, 5.74) is 0. The molecular weight excluding hydrogens is 443 g/mol. The maximum absolute atomic E-state index is 11.6. The number of aliphatic imine (C=N–C) groups is 1. The van der Waals surface area contributed by atoms with E-state index in [4.69, 9.17) is 4.74 Å². The summed E-state index contributed by atoms with van der Waals surface area (Å²) in [7, 11) is -3.07. The summed E-state index contributed by atoms with van der Waals surface area (Å²) < 4.78 is 30.6. The largest absolute Gasteiger partial charge is 0.373 e. The van der Waals surface area contributed by atoms with E-state index in [-0.39, 0.29) is 24.0 Å². The van der Waals surface area contributed by atoms with E-state index >= 15 is 0 Å². The molecule has 3 heterocycles. The highest BCUT2D eigenvalue weighted by Gasteiger charge is 2.41. The normalized spacial score (nSPS) is 33.5. The van der Waals surface area contributed by atoms with Gasteiger partial charge in [-0.3, -0.25) is 4.99 Å². The molecule has 2 N–H and O–H groups in total. The van der Waals surface area contributed by atoms with E-state index in [0.717, 1.165) is 31.8 Å². The van der Waals surface area contributed by atoms with Crippen LogP contribution in [0.4, 0.5) is 0 Å². The zero-order valence-electron chi connectivity index (χ0n) is 14.4. The van der Waals surface area contributed by atoms with E-state index in [9.17, 15) is 8.42 Å². The predicted molar refractivity (Wildman–Crippen MR) is 105 cm³/mol. The number of halogens is 1. The average Bonchev–Trinajstić information content (AvgIpc) is 3.20. The monoisotopic (exact) mass is 472 g/mol. The number of nitrogens with zero attached hydrogens (tertiary/aromatic N) is 2. The lowest BCUT2D eigenvalue weighted by Gasteiger charge is -2.23. The Morgan fingerprint density at radius 3 is 2.67 bits per heavy atom. The van der Waals surface area contributed by atoms with Crippen molar-refractivity contribution in [3.05, 3.63) is 0 Å². The van der Waals surface area contributed by atoms with Crippen LogP contribution < -0.4 is 10.6 Å². The van der Waals surface area contributed by atoms with Crippen molar-refractivity contribution < 1.29 is 13.2 Å². The maximum Gasteiger partial charge on any atom is 0.211 e. The smallest absolute Gasteiger partial charge is 0.211 e. The van der Waals surface area contributed by atoms with Crippen molar-refractivity contribution in [2.75, 3.05) is 32.4 Å². The second kappa shape index (κ2) is 8.50. The molecule has 4 atom stereocenters. The molecule has 2 bridgehead atoms. The highest BCUT2D eigenvalue weighted by atomic mass is 127. The van der Waals surface area contributed by atoms with Gasteiger partial charge < -0.3 is 15.4 Å². The van der Waals surface area contributed by atoms with E-state index in [2.05, 4.69) is 22.5 Å². The second-order valence-corrected chi connectivity index (χ2v) is 8.84. The number of guanidine groups is 1. The minimum atomic E-state index is -3.07. The zero-order chi connectivity index (χ0) is 16.4. The molecule has 0 amide bonds. The van der Waals surface area contributed by atoms with Gasteiger partial charge in [-0.2, -0.15) is 0 Å². The summed E-state index contributed by atoms with van der Waals surface area (Å²) in [5.74, 6) is 1.13. The van der Waals surface area contributed by atoms with Crippen LogP contribution in [-0.4, -0.2) is 69.4 Å². The Balaban J connectivity index is 0.00000208. The molecule has 24 heavy (non-hydrogen) atoms. The lowest BCUT2D eigenvalue weighted by atomic mass is 9.96. The first-order valence-corrected chi connectivity index (χ1v) is 10.5. The fourth-order valence-corrected chi connectivity index (χ4v) is 4.67. The van der Waals surface area contributed by atoms with Gasteiger partial charge in [0.2, 0.25) is 10.0 Å². The van der Waals surface area contributed by atoms with Gasteiger partial charge in [-0.05, 0) is 38.5 Å². The van der Waals surface area contributed by atoms with Crippen LogP contribution in [0.15, 0.2) is 4.99 Å². The van der Waals surface area contributed by atoms with Crippen molar-refractivity contribution in [1.82, 2.24) is 14.9 Å². The van der Waals surface area contributed by atoms with Gasteiger partial charge in [0.25, 0.3) is 0 Å². The molecule has 3 saturated heterocycles. The molecule has 4 unspecified atom stereocenters. The van der Waals surface area contributed by atoms with Crippen LogP contribution in [0.3, 0.4) is 0 Å². The van der Waals surface area contributed by atoms with Crippen LogP contribution >= 0.6 is 24.0 Å². The summed E-state index contributed by atoms with van der Waals surface area (Å²) in [6.07, 6.45) is 6.26. The van der Waals surface area contributed by atoms with Gasteiger partial charge in [0.15, 0.2) is 5.96 Å². The standard InChI is InChI=1S/C15H28N4O3S.HI/c1-3-16-15(18-13-8-12-4-5-14(13)22-12)17-9-11-6-7-19(10-11)23(2,20)21;/h11-14H,3-10H2,1-2H3,(H2,16,17,18);1H. The highest BCUT2D eigenvalue weighted by Crippen LogP contribution is 2.34. The van der Waals surface area contributed by atoms with Crippen molar-refractivity contribution >= 4 is 40.0 Å². The fraction of sp³-hybridized carbons (Fsp3) is 0.933. The molecule has 0 radical (unpaired) electrons. The first kappa shape index (κ1) is 20.2. The van der Waals surface area contributed by atoms with Crippen molar-refractivity contribution in [3.63, 3.8) is 0 Å². The molecule has 0 aromatic rings. The number of sulfonamides is 1. The van der Waals surface area contributed by atoms with Gasteiger partial charge in [0, 0.05) is 26.2 Å². The van der Waals surface area contributed by atoms with E-state index in [1.165, 1.54) is 12.7 Å². The molecule has 3 rings (SSSR count). The average molecular weight is 472 g/mol. The molecule has 9 heteroatoms. The Hall–Kier alpha value is -0.130. The van der Waals surface area contributed by atoms with Crippen LogP contribution in [0.1, 0.15) is 32.6 Å². The molecule has 0 aliphatic carbocycles. The third-order valence-electron chi connectivity index (χ3n) is 5.00. The molecule has 3 fully saturated rings. The van der Waals surface area contributed by atoms with Crippen LogP contribution in [0.25, 0.3) is 0 Å². The van der Waals surface area contributed by atoms with Gasteiger partial charge in [0.05, 0.1) is 24.5 Å². The number of fused-ring (bicyclic) bond motifs is 2. The molecule has 0 aromatic carbocycles. The molecule has 140 valence electrons. The molecule has 0 saturated carbocycles. The third kappa shape index (κ3) is 4.95. The maximum atomic E-state index is 11.6. The number of hydrogen-bond donors (Lipinski definition) is 2. The fourth-order valence-electron chi connectivity index (χ4n) is 3.75. The summed E-state index contributed by atoms with van der Waals surface area (Å²) in [6, 6.07) is 0.350. The summed E-state index contributed by atoms with van der Waals surface area (Å²) in [4.78, 5) is 4.68. The van der Waals surface area contributed by atoms with Crippen molar-refractivity contribution in [1.29, 1.82) is 0 Å². The van der Waals surface area contributed by atoms with Gasteiger partial charge >= 0.3 is 0 Å². The quantitative estimate of drug-likeness (QED) is 0.351. The van der Waals surface area contributed by atoms with E-state index in [1.807, 2.05) is 0 Å². The van der Waals surface area contributed by atoms with Crippen LogP contribution in [0.5, 0.6) is 0 Å². The summed E-state index contributed by atoms with van der Waals surface area (Å²) in [5, 5.41) is 6.78. The Bertz CT molecular complexity index is 557. The zero-order valence-corrected chi connectivity index (χ0v) is 17.5. The van der Waals surface area contributed by atoms with Crippen molar-refractivity contribution in [2.45, 2.75) is 50.9 Å². The molecule has 3 aliphatic heterocycles. The van der Waals surface area contributed by atoms with Gasteiger partial charge in [-0.25, -0.2) is 12.7 Å². The SMILES string of the molecule is CCNC(=NCC1CCN(S(C)(=O)=O)C1)NC1CC2CCC1O2.I. The molecule has 0 aromatic heterocycles. The second-order valence-electron chi connectivity index (χ2n) is 6.86.